The fraction of sp³-hybridized carbons (Fsp3) is 0.455. The van der Waals surface area contributed by atoms with Gasteiger partial charge in [-0.1, -0.05) is 36.7 Å². The van der Waals surface area contributed by atoms with Gasteiger partial charge in [-0.05, 0) is 25.0 Å². The van der Waals surface area contributed by atoms with Crippen LogP contribution in [-0.4, -0.2) is 6.04 Å². The first-order valence-corrected chi connectivity index (χ1v) is 5.08. The summed E-state index contributed by atoms with van der Waals surface area (Å²) in [6.07, 6.45) is 1.14. The molecule has 0 bridgehead atoms. The molecule has 1 nitrogen and oxygen atoms in total. The van der Waals surface area contributed by atoms with E-state index >= 15 is 0 Å². The Balaban J connectivity index is 0.00000169. The first kappa shape index (κ1) is 13.8. The summed E-state index contributed by atoms with van der Waals surface area (Å²) >= 11 is 6.01. The first-order valence-electron chi connectivity index (χ1n) is 4.70. The smallest absolute Gasteiger partial charge is 0.0450 e. The van der Waals surface area contributed by atoms with Crippen molar-refractivity contribution in [1.82, 2.24) is 5.32 Å². The molecule has 0 saturated heterocycles. The molecule has 3 heteroatoms. The minimum absolute atomic E-state index is 0. The fourth-order valence-electron chi connectivity index (χ4n) is 1.07. The molecule has 0 spiro atoms. The average molecular weight is 234 g/mol. The molecule has 0 fully saturated rings. The third-order valence-electron chi connectivity index (χ3n) is 2.21. The van der Waals surface area contributed by atoms with E-state index in [1.165, 1.54) is 5.56 Å². The summed E-state index contributed by atoms with van der Waals surface area (Å²) in [5.41, 5.74) is 1.17. The molecule has 0 aliphatic heterocycles. The summed E-state index contributed by atoms with van der Waals surface area (Å²) in [5.74, 6) is 0. The highest BCUT2D eigenvalue weighted by Crippen LogP contribution is 2.14. The number of rotatable bonds is 4. The second-order valence-corrected chi connectivity index (χ2v) is 3.69. The van der Waals surface area contributed by atoms with Crippen molar-refractivity contribution in [2.24, 2.45) is 0 Å². The van der Waals surface area contributed by atoms with Gasteiger partial charge in [0.05, 0.1) is 0 Å². The Hall–Kier alpha value is -0.240. The maximum Gasteiger partial charge on any atom is 0.0450 e. The first-order chi connectivity index (χ1) is 6.24. The van der Waals surface area contributed by atoms with Crippen molar-refractivity contribution in [2.45, 2.75) is 32.9 Å². The van der Waals surface area contributed by atoms with Gasteiger partial charge in [0.2, 0.25) is 0 Å². The molecule has 0 saturated carbocycles. The van der Waals surface area contributed by atoms with Gasteiger partial charge >= 0.3 is 0 Å². The summed E-state index contributed by atoms with van der Waals surface area (Å²) < 4.78 is 0. The highest BCUT2D eigenvalue weighted by atomic mass is 35.5. The topological polar surface area (TPSA) is 12.0 Å². The van der Waals surface area contributed by atoms with Gasteiger partial charge in [-0.15, -0.1) is 12.4 Å². The average Bonchev–Trinajstić information content (AvgIpc) is 2.16. The van der Waals surface area contributed by atoms with Crippen molar-refractivity contribution >= 4 is 24.0 Å². The quantitative estimate of drug-likeness (QED) is 0.838. The molecule has 14 heavy (non-hydrogen) atoms. The number of halogens is 2. The molecule has 1 aromatic rings. The molecular weight excluding hydrogens is 217 g/mol. The minimum Gasteiger partial charge on any atom is -0.310 e. The van der Waals surface area contributed by atoms with E-state index in [4.69, 9.17) is 11.6 Å². The van der Waals surface area contributed by atoms with Crippen LogP contribution in [0.25, 0.3) is 0 Å². The molecule has 1 atom stereocenters. The Kier molecular flexibility index (Phi) is 6.98. The third kappa shape index (κ3) is 4.32. The lowest BCUT2D eigenvalue weighted by Gasteiger charge is -2.11. The largest absolute Gasteiger partial charge is 0.310 e. The number of nitrogens with one attached hydrogen (secondary N) is 1. The van der Waals surface area contributed by atoms with Crippen LogP contribution < -0.4 is 5.32 Å². The van der Waals surface area contributed by atoms with Gasteiger partial charge < -0.3 is 5.32 Å². The van der Waals surface area contributed by atoms with Crippen molar-refractivity contribution < 1.29 is 0 Å². The van der Waals surface area contributed by atoms with E-state index in [1.54, 1.807) is 0 Å². The van der Waals surface area contributed by atoms with E-state index in [9.17, 15) is 0 Å². The van der Waals surface area contributed by atoms with Gasteiger partial charge in [0, 0.05) is 17.6 Å². The molecule has 1 N–H and O–H groups in total. The van der Waals surface area contributed by atoms with Gasteiger partial charge in [-0.3, -0.25) is 0 Å². The van der Waals surface area contributed by atoms with Gasteiger partial charge in [0.1, 0.15) is 0 Å². The molecule has 1 rings (SSSR count). The van der Waals surface area contributed by atoms with E-state index in [0.717, 1.165) is 18.0 Å². The van der Waals surface area contributed by atoms with Gasteiger partial charge in [0.15, 0.2) is 0 Å². The molecule has 0 radical (unpaired) electrons. The lowest BCUT2D eigenvalue weighted by Crippen LogP contribution is -2.24. The molecule has 80 valence electrons. The zero-order valence-corrected chi connectivity index (χ0v) is 10.2. The normalized spacial score (nSPS) is 11.9. The second kappa shape index (κ2) is 7.10. The van der Waals surface area contributed by atoms with Crippen LogP contribution in [0.3, 0.4) is 0 Å². The van der Waals surface area contributed by atoms with E-state index in [1.807, 2.05) is 18.2 Å². The maximum absolute atomic E-state index is 6.01. The molecule has 0 aliphatic carbocycles. The lowest BCUT2D eigenvalue weighted by molar-refractivity contribution is 0.534. The number of hydrogen-bond donors (Lipinski definition) is 1. The van der Waals surface area contributed by atoms with Gasteiger partial charge in [-0.25, -0.2) is 0 Å². The Morgan fingerprint density at radius 2 is 2.00 bits per heavy atom. The molecular formula is C11H17Cl2N. The van der Waals surface area contributed by atoms with Gasteiger partial charge in [0.25, 0.3) is 0 Å². The second-order valence-electron chi connectivity index (χ2n) is 3.28. The van der Waals surface area contributed by atoms with Crippen LogP contribution in [0.4, 0.5) is 0 Å². The summed E-state index contributed by atoms with van der Waals surface area (Å²) in [7, 11) is 0. The number of benzene rings is 1. The molecule has 1 aromatic carbocycles. The predicted molar refractivity (Wildman–Crippen MR) is 65.3 cm³/mol. The van der Waals surface area contributed by atoms with Crippen LogP contribution in [-0.2, 0) is 6.54 Å². The highest BCUT2D eigenvalue weighted by molar-refractivity contribution is 6.31. The molecule has 0 aliphatic rings. The van der Waals surface area contributed by atoms with Crippen molar-refractivity contribution in [1.29, 1.82) is 0 Å². The van der Waals surface area contributed by atoms with Crippen LogP contribution in [0, 0.1) is 0 Å². The third-order valence-corrected chi connectivity index (χ3v) is 2.58. The maximum atomic E-state index is 6.01. The zero-order valence-electron chi connectivity index (χ0n) is 8.59. The molecule has 1 unspecified atom stereocenters. The van der Waals surface area contributed by atoms with E-state index in [-0.39, 0.29) is 12.4 Å². The predicted octanol–water partition coefficient (Wildman–Crippen LogP) is 3.65. The van der Waals surface area contributed by atoms with Crippen LogP contribution >= 0.6 is 24.0 Å². The Labute approximate surface area is 97.3 Å². The molecule has 0 amide bonds. The van der Waals surface area contributed by atoms with E-state index < -0.39 is 0 Å². The summed E-state index contributed by atoms with van der Waals surface area (Å²) in [6.45, 7) is 5.20. The van der Waals surface area contributed by atoms with Crippen LogP contribution in [0.2, 0.25) is 5.02 Å². The van der Waals surface area contributed by atoms with Crippen molar-refractivity contribution in [3.63, 3.8) is 0 Å². The van der Waals surface area contributed by atoms with Crippen molar-refractivity contribution in [3.8, 4) is 0 Å². The van der Waals surface area contributed by atoms with Crippen LogP contribution in [0.5, 0.6) is 0 Å². The Morgan fingerprint density at radius 1 is 1.36 bits per heavy atom. The fourth-order valence-corrected chi connectivity index (χ4v) is 1.27. The SMILES string of the molecule is CCC(C)NCc1ccccc1Cl.Cl. The van der Waals surface area contributed by atoms with Crippen molar-refractivity contribution in [2.75, 3.05) is 0 Å². The van der Waals surface area contributed by atoms with Crippen molar-refractivity contribution in [3.05, 3.63) is 34.9 Å². The monoisotopic (exact) mass is 233 g/mol. The highest BCUT2D eigenvalue weighted by Gasteiger charge is 2.00. The summed E-state index contributed by atoms with van der Waals surface area (Å²) in [4.78, 5) is 0. The molecule has 0 heterocycles. The van der Waals surface area contributed by atoms with Gasteiger partial charge in [-0.2, -0.15) is 0 Å². The zero-order chi connectivity index (χ0) is 9.68. The van der Waals surface area contributed by atoms with Crippen LogP contribution in [0.1, 0.15) is 25.8 Å². The Bertz CT molecular complexity index is 263. The van der Waals surface area contributed by atoms with E-state index in [0.29, 0.717) is 6.04 Å². The van der Waals surface area contributed by atoms with Crippen LogP contribution in [0.15, 0.2) is 24.3 Å². The standard InChI is InChI=1S/C11H16ClN.ClH/c1-3-9(2)13-8-10-6-4-5-7-11(10)12;/h4-7,9,13H,3,8H2,1-2H3;1H. The Morgan fingerprint density at radius 3 is 2.57 bits per heavy atom. The van der Waals surface area contributed by atoms with E-state index in [2.05, 4.69) is 25.2 Å². The molecule has 0 aromatic heterocycles. The lowest BCUT2D eigenvalue weighted by atomic mass is 10.2. The summed E-state index contributed by atoms with van der Waals surface area (Å²) in [6, 6.07) is 8.50. The summed E-state index contributed by atoms with van der Waals surface area (Å²) in [5, 5.41) is 4.25. The number of hydrogen-bond acceptors (Lipinski definition) is 1. The minimum atomic E-state index is 0.